The van der Waals surface area contributed by atoms with Gasteiger partial charge in [0.05, 0.1) is 6.42 Å². The molecular formula is C16H23NO4. The van der Waals surface area contributed by atoms with Crippen LogP contribution in [0.5, 0.6) is 0 Å². The number of aryl methyl sites for hydroxylation is 3. The van der Waals surface area contributed by atoms with E-state index in [1.165, 1.54) is 0 Å². The SMILES string of the molecule is Cc1cc(C)c(N(CCCC(=O)O)CCC(=O)O)c(C)c1. The lowest BCUT2D eigenvalue weighted by Gasteiger charge is -2.28. The zero-order chi connectivity index (χ0) is 16.0. The fourth-order valence-corrected chi connectivity index (χ4v) is 2.66. The molecular weight excluding hydrogens is 270 g/mol. The summed E-state index contributed by atoms with van der Waals surface area (Å²) in [4.78, 5) is 23.5. The van der Waals surface area contributed by atoms with E-state index in [4.69, 9.17) is 10.2 Å². The largest absolute Gasteiger partial charge is 0.481 e. The number of anilines is 1. The highest BCUT2D eigenvalue weighted by atomic mass is 16.4. The van der Waals surface area contributed by atoms with Crippen LogP contribution in [0.25, 0.3) is 0 Å². The Bertz CT molecular complexity index is 502. The Labute approximate surface area is 125 Å². The summed E-state index contributed by atoms with van der Waals surface area (Å²) >= 11 is 0. The van der Waals surface area contributed by atoms with Crippen LogP contribution in [-0.2, 0) is 9.59 Å². The minimum absolute atomic E-state index is 0.0415. The first-order chi connectivity index (χ1) is 9.81. The summed E-state index contributed by atoms with van der Waals surface area (Å²) in [7, 11) is 0. The lowest BCUT2D eigenvalue weighted by atomic mass is 10.0. The van der Waals surface area contributed by atoms with Gasteiger partial charge in [-0.05, 0) is 38.3 Å². The number of nitrogens with zero attached hydrogens (tertiary/aromatic N) is 1. The highest BCUT2D eigenvalue weighted by molar-refractivity contribution is 5.69. The summed E-state index contributed by atoms with van der Waals surface area (Å²) < 4.78 is 0. The Hall–Kier alpha value is -2.04. The number of carboxylic acid groups (broad SMARTS) is 2. The number of rotatable bonds is 8. The van der Waals surface area contributed by atoms with E-state index in [0.29, 0.717) is 19.5 Å². The van der Waals surface area contributed by atoms with Crippen molar-refractivity contribution in [3.63, 3.8) is 0 Å². The number of aliphatic carboxylic acids is 2. The van der Waals surface area contributed by atoms with Crippen molar-refractivity contribution in [2.24, 2.45) is 0 Å². The molecule has 0 atom stereocenters. The molecule has 0 bridgehead atoms. The smallest absolute Gasteiger partial charge is 0.305 e. The van der Waals surface area contributed by atoms with E-state index in [2.05, 4.69) is 12.1 Å². The Morgan fingerprint density at radius 1 is 0.952 bits per heavy atom. The van der Waals surface area contributed by atoms with Crippen LogP contribution < -0.4 is 4.90 Å². The summed E-state index contributed by atoms with van der Waals surface area (Å²) in [5, 5.41) is 17.6. The lowest BCUT2D eigenvalue weighted by Crippen LogP contribution is -2.29. The van der Waals surface area contributed by atoms with Crippen molar-refractivity contribution < 1.29 is 19.8 Å². The lowest BCUT2D eigenvalue weighted by molar-refractivity contribution is -0.138. The van der Waals surface area contributed by atoms with Crippen LogP contribution in [0.1, 0.15) is 36.0 Å². The van der Waals surface area contributed by atoms with Crippen LogP contribution in [0, 0.1) is 20.8 Å². The van der Waals surface area contributed by atoms with Crippen LogP contribution in [-0.4, -0.2) is 35.2 Å². The predicted octanol–water partition coefficient (Wildman–Crippen LogP) is 2.76. The third-order valence-corrected chi connectivity index (χ3v) is 3.37. The van der Waals surface area contributed by atoms with Crippen LogP contribution in [0.15, 0.2) is 12.1 Å². The molecule has 0 aliphatic heterocycles. The fraction of sp³-hybridized carbons (Fsp3) is 0.500. The van der Waals surface area contributed by atoms with Crippen molar-refractivity contribution in [3.05, 3.63) is 28.8 Å². The Morgan fingerprint density at radius 3 is 1.95 bits per heavy atom. The zero-order valence-electron chi connectivity index (χ0n) is 12.8. The van der Waals surface area contributed by atoms with Gasteiger partial charge >= 0.3 is 11.9 Å². The van der Waals surface area contributed by atoms with Crippen LogP contribution in [0.2, 0.25) is 0 Å². The molecule has 0 aliphatic carbocycles. The molecule has 0 radical (unpaired) electrons. The Balaban J connectivity index is 2.93. The van der Waals surface area contributed by atoms with E-state index < -0.39 is 11.9 Å². The van der Waals surface area contributed by atoms with E-state index in [0.717, 1.165) is 22.4 Å². The molecule has 0 unspecified atom stereocenters. The van der Waals surface area contributed by atoms with Gasteiger partial charge in [0.2, 0.25) is 0 Å². The average Bonchev–Trinajstić information content (AvgIpc) is 2.33. The molecule has 0 fully saturated rings. The molecule has 5 nitrogen and oxygen atoms in total. The van der Waals surface area contributed by atoms with Crippen molar-refractivity contribution >= 4 is 17.6 Å². The standard InChI is InChI=1S/C16H23NO4/c1-11-9-12(2)16(13(3)10-11)17(8-6-15(20)21)7-4-5-14(18)19/h9-10H,4-8H2,1-3H3,(H,18,19)(H,20,21). The van der Waals surface area contributed by atoms with E-state index in [9.17, 15) is 9.59 Å². The number of carbonyl (C=O) groups is 2. The van der Waals surface area contributed by atoms with Gasteiger partial charge in [-0.3, -0.25) is 9.59 Å². The monoisotopic (exact) mass is 293 g/mol. The summed E-state index contributed by atoms with van der Waals surface area (Å²) in [6.07, 6.45) is 0.634. The molecule has 21 heavy (non-hydrogen) atoms. The van der Waals surface area contributed by atoms with Gasteiger partial charge in [-0.25, -0.2) is 0 Å². The maximum absolute atomic E-state index is 10.8. The molecule has 1 aromatic rings. The molecule has 1 rings (SSSR count). The van der Waals surface area contributed by atoms with Gasteiger partial charge in [-0.1, -0.05) is 17.7 Å². The highest BCUT2D eigenvalue weighted by Gasteiger charge is 2.14. The maximum Gasteiger partial charge on any atom is 0.305 e. The molecule has 0 aliphatic rings. The molecule has 0 spiro atoms. The highest BCUT2D eigenvalue weighted by Crippen LogP contribution is 2.26. The molecule has 5 heteroatoms. The molecule has 1 aromatic carbocycles. The summed E-state index contributed by atoms with van der Waals surface area (Å²) in [6, 6.07) is 4.13. The first-order valence-corrected chi connectivity index (χ1v) is 7.07. The topological polar surface area (TPSA) is 77.8 Å². The van der Waals surface area contributed by atoms with Crippen molar-refractivity contribution in [1.82, 2.24) is 0 Å². The minimum Gasteiger partial charge on any atom is -0.481 e. The first-order valence-electron chi connectivity index (χ1n) is 7.07. The second-order valence-corrected chi connectivity index (χ2v) is 5.38. The van der Waals surface area contributed by atoms with Crippen molar-refractivity contribution in [1.29, 1.82) is 0 Å². The zero-order valence-corrected chi connectivity index (χ0v) is 12.8. The normalized spacial score (nSPS) is 10.4. The predicted molar refractivity (Wildman–Crippen MR) is 82.0 cm³/mol. The second-order valence-electron chi connectivity index (χ2n) is 5.38. The Kier molecular flexibility index (Phi) is 6.21. The second kappa shape index (κ2) is 7.67. The summed E-state index contributed by atoms with van der Waals surface area (Å²) in [5.41, 5.74) is 4.37. The molecule has 0 aromatic heterocycles. The van der Waals surface area contributed by atoms with E-state index in [1.807, 2.05) is 25.7 Å². The van der Waals surface area contributed by atoms with Crippen molar-refractivity contribution in [2.45, 2.75) is 40.0 Å². The number of carboxylic acids is 2. The van der Waals surface area contributed by atoms with Crippen LogP contribution in [0.3, 0.4) is 0 Å². The van der Waals surface area contributed by atoms with Gasteiger partial charge in [-0.2, -0.15) is 0 Å². The van der Waals surface area contributed by atoms with Crippen molar-refractivity contribution in [3.8, 4) is 0 Å². The van der Waals surface area contributed by atoms with Gasteiger partial charge in [0.1, 0.15) is 0 Å². The molecule has 2 N–H and O–H groups in total. The third kappa shape index (κ3) is 5.45. The number of hydrogen-bond donors (Lipinski definition) is 2. The van der Waals surface area contributed by atoms with Crippen molar-refractivity contribution in [2.75, 3.05) is 18.0 Å². The summed E-state index contributed by atoms with van der Waals surface area (Å²) in [5.74, 6) is -1.67. The van der Waals surface area contributed by atoms with Crippen LogP contribution in [0.4, 0.5) is 5.69 Å². The first kappa shape index (κ1) is 17.0. The molecule has 0 heterocycles. The number of benzene rings is 1. The average molecular weight is 293 g/mol. The van der Waals surface area contributed by atoms with Gasteiger partial charge in [-0.15, -0.1) is 0 Å². The third-order valence-electron chi connectivity index (χ3n) is 3.37. The molecule has 116 valence electrons. The maximum atomic E-state index is 10.8. The fourth-order valence-electron chi connectivity index (χ4n) is 2.66. The van der Waals surface area contributed by atoms with Gasteiger partial charge < -0.3 is 15.1 Å². The van der Waals surface area contributed by atoms with Crippen LogP contribution >= 0.6 is 0 Å². The van der Waals surface area contributed by atoms with E-state index in [1.54, 1.807) is 0 Å². The quantitative estimate of drug-likeness (QED) is 0.770. The minimum atomic E-state index is -0.847. The van der Waals surface area contributed by atoms with Gasteiger partial charge in [0.15, 0.2) is 0 Å². The van der Waals surface area contributed by atoms with Gasteiger partial charge in [0, 0.05) is 25.2 Å². The van der Waals surface area contributed by atoms with Gasteiger partial charge in [0.25, 0.3) is 0 Å². The molecule has 0 saturated carbocycles. The van der Waals surface area contributed by atoms with E-state index >= 15 is 0 Å². The molecule has 0 saturated heterocycles. The number of hydrogen-bond acceptors (Lipinski definition) is 3. The van der Waals surface area contributed by atoms with E-state index in [-0.39, 0.29) is 12.8 Å². The summed E-state index contributed by atoms with van der Waals surface area (Å²) in [6.45, 7) is 6.96. The Morgan fingerprint density at radius 2 is 1.48 bits per heavy atom. The molecule has 0 amide bonds.